The summed E-state index contributed by atoms with van der Waals surface area (Å²) in [6.45, 7) is 4.24. The van der Waals surface area contributed by atoms with Crippen LogP contribution in [0.3, 0.4) is 0 Å². The van der Waals surface area contributed by atoms with E-state index in [4.69, 9.17) is 5.84 Å². The molecular weight excluding hydrogens is 220 g/mol. The number of nitrogens with one attached hydrogen (secondary N) is 1. The van der Waals surface area contributed by atoms with Gasteiger partial charge in [-0.3, -0.25) is 11.3 Å². The molecule has 0 heterocycles. The van der Waals surface area contributed by atoms with Crippen molar-refractivity contribution in [2.45, 2.75) is 26.3 Å². The predicted octanol–water partition coefficient (Wildman–Crippen LogP) is 3.05. The number of hydrogen-bond donors (Lipinski definition) is 2. The molecule has 1 unspecified atom stereocenters. The van der Waals surface area contributed by atoms with Crippen LogP contribution in [-0.4, -0.2) is 0 Å². The molecule has 2 aromatic rings. The van der Waals surface area contributed by atoms with Gasteiger partial charge in [0.15, 0.2) is 0 Å². The van der Waals surface area contributed by atoms with Crippen LogP contribution in [0.2, 0.25) is 0 Å². The summed E-state index contributed by atoms with van der Waals surface area (Å²) >= 11 is 0. The Morgan fingerprint density at radius 2 is 1.83 bits per heavy atom. The predicted molar refractivity (Wildman–Crippen MR) is 76.1 cm³/mol. The van der Waals surface area contributed by atoms with Gasteiger partial charge in [0.05, 0.1) is 0 Å². The molecule has 2 rings (SSSR count). The van der Waals surface area contributed by atoms with E-state index in [-0.39, 0.29) is 6.04 Å². The minimum atomic E-state index is 0.158. The molecule has 0 aliphatic heterocycles. The van der Waals surface area contributed by atoms with Gasteiger partial charge in [0.1, 0.15) is 0 Å². The van der Waals surface area contributed by atoms with Gasteiger partial charge in [0, 0.05) is 6.04 Å². The van der Waals surface area contributed by atoms with E-state index in [0.717, 1.165) is 6.42 Å². The summed E-state index contributed by atoms with van der Waals surface area (Å²) in [5.41, 5.74) is 8.07. The number of rotatable bonds is 4. The van der Waals surface area contributed by atoms with Crippen LogP contribution in [0.5, 0.6) is 0 Å². The Morgan fingerprint density at radius 1 is 1.06 bits per heavy atom. The third-order valence-electron chi connectivity index (χ3n) is 3.33. The summed E-state index contributed by atoms with van der Waals surface area (Å²) in [5, 5.41) is 0. The lowest BCUT2D eigenvalue weighted by molar-refractivity contribution is 0.550. The van der Waals surface area contributed by atoms with Crippen molar-refractivity contribution in [2.24, 2.45) is 5.84 Å². The van der Waals surface area contributed by atoms with Crippen molar-refractivity contribution in [3.8, 4) is 0 Å². The Bertz CT molecular complexity index is 520. The van der Waals surface area contributed by atoms with Gasteiger partial charge >= 0.3 is 0 Å². The first-order valence-corrected chi connectivity index (χ1v) is 6.28. The molecule has 0 fully saturated rings. The minimum absolute atomic E-state index is 0.158. The Kier molecular flexibility index (Phi) is 4.13. The lowest BCUT2D eigenvalue weighted by atomic mass is 9.96. The third kappa shape index (κ3) is 2.97. The number of hydrogen-bond acceptors (Lipinski definition) is 2. The van der Waals surface area contributed by atoms with Gasteiger partial charge in [0.25, 0.3) is 0 Å². The van der Waals surface area contributed by atoms with E-state index in [9.17, 15) is 0 Å². The first-order chi connectivity index (χ1) is 8.70. The normalized spacial score (nSPS) is 12.4. The lowest BCUT2D eigenvalue weighted by Crippen LogP contribution is -2.29. The molecule has 2 aromatic carbocycles. The van der Waals surface area contributed by atoms with Crippen LogP contribution in [-0.2, 0) is 6.42 Å². The SMILES string of the molecule is Cc1cccc(C(Cc2ccccc2C)NN)c1. The molecule has 0 saturated heterocycles. The van der Waals surface area contributed by atoms with Crippen LogP contribution < -0.4 is 11.3 Å². The maximum Gasteiger partial charge on any atom is 0.0500 e. The summed E-state index contributed by atoms with van der Waals surface area (Å²) in [5.74, 6) is 5.70. The molecule has 3 N–H and O–H groups in total. The van der Waals surface area contributed by atoms with Crippen molar-refractivity contribution in [2.75, 3.05) is 0 Å². The fourth-order valence-corrected chi connectivity index (χ4v) is 2.22. The number of nitrogens with two attached hydrogens (primary N) is 1. The van der Waals surface area contributed by atoms with Crippen molar-refractivity contribution in [3.63, 3.8) is 0 Å². The van der Waals surface area contributed by atoms with Crippen LogP contribution in [0.1, 0.15) is 28.3 Å². The highest BCUT2D eigenvalue weighted by Gasteiger charge is 2.11. The van der Waals surface area contributed by atoms with Crippen molar-refractivity contribution in [1.82, 2.24) is 5.43 Å². The molecular formula is C16H20N2. The van der Waals surface area contributed by atoms with E-state index in [0.29, 0.717) is 0 Å². The summed E-state index contributed by atoms with van der Waals surface area (Å²) in [6.07, 6.45) is 0.909. The van der Waals surface area contributed by atoms with Crippen molar-refractivity contribution in [1.29, 1.82) is 0 Å². The summed E-state index contributed by atoms with van der Waals surface area (Å²) in [6, 6.07) is 17.1. The third-order valence-corrected chi connectivity index (χ3v) is 3.33. The van der Waals surface area contributed by atoms with Gasteiger partial charge in [-0.25, -0.2) is 0 Å². The van der Waals surface area contributed by atoms with E-state index in [1.807, 2.05) is 0 Å². The quantitative estimate of drug-likeness (QED) is 0.636. The Morgan fingerprint density at radius 3 is 2.50 bits per heavy atom. The largest absolute Gasteiger partial charge is 0.271 e. The zero-order chi connectivity index (χ0) is 13.0. The Hall–Kier alpha value is -1.64. The van der Waals surface area contributed by atoms with E-state index in [1.165, 1.54) is 22.3 Å². The average molecular weight is 240 g/mol. The number of hydrazine groups is 1. The maximum absolute atomic E-state index is 5.70. The fraction of sp³-hybridized carbons (Fsp3) is 0.250. The van der Waals surface area contributed by atoms with Crippen molar-refractivity contribution in [3.05, 3.63) is 70.8 Å². The van der Waals surface area contributed by atoms with Gasteiger partial charge in [-0.1, -0.05) is 54.1 Å². The molecule has 0 radical (unpaired) electrons. The lowest BCUT2D eigenvalue weighted by Gasteiger charge is -2.18. The second-order valence-corrected chi connectivity index (χ2v) is 4.76. The second kappa shape index (κ2) is 5.80. The zero-order valence-corrected chi connectivity index (χ0v) is 11.0. The molecule has 18 heavy (non-hydrogen) atoms. The van der Waals surface area contributed by atoms with Crippen LogP contribution in [0, 0.1) is 13.8 Å². The van der Waals surface area contributed by atoms with Gasteiger partial charge in [0.2, 0.25) is 0 Å². The van der Waals surface area contributed by atoms with Gasteiger partial charge < -0.3 is 0 Å². The van der Waals surface area contributed by atoms with Gasteiger partial charge in [-0.15, -0.1) is 0 Å². The first kappa shape index (κ1) is 12.8. The fourth-order valence-electron chi connectivity index (χ4n) is 2.22. The molecule has 1 atom stereocenters. The highest BCUT2D eigenvalue weighted by Crippen LogP contribution is 2.20. The highest BCUT2D eigenvalue weighted by molar-refractivity contribution is 5.30. The maximum atomic E-state index is 5.70. The first-order valence-electron chi connectivity index (χ1n) is 6.28. The molecule has 94 valence electrons. The minimum Gasteiger partial charge on any atom is -0.271 e. The molecule has 0 aliphatic rings. The molecule has 2 nitrogen and oxygen atoms in total. The molecule has 0 saturated carbocycles. The van der Waals surface area contributed by atoms with E-state index in [1.54, 1.807) is 0 Å². The zero-order valence-electron chi connectivity index (χ0n) is 11.0. The smallest absolute Gasteiger partial charge is 0.0500 e. The molecule has 0 amide bonds. The highest BCUT2D eigenvalue weighted by atomic mass is 15.2. The van der Waals surface area contributed by atoms with E-state index >= 15 is 0 Å². The van der Waals surface area contributed by atoms with Crippen molar-refractivity contribution >= 4 is 0 Å². The van der Waals surface area contributed by atoms with Crippen LogP contribution in [0.15, 0.2) is 48.5 Å². The molecule has 0 aromatic heterocycles. The molecule has 0 aliphatic carbocycles. The number of benzene rings is 2. The monoisotopic (exact) mass is 240 g/mol. The van der Waals surface area contributed by atoms with E-state index in [2.05, 4.69) is 67.8 Å². The van der Waals surface area contributed by atoms with E-state index < -0.39 is 0 Å². The molecule has 0 spiro atoms. The van der Waals surface area contributed by atoms with Crippen LogP contribution >= 0.6 is 0 Å². The molecule has 0 bridgehead atoms. The number of aryl methyl sites for hydroxylation is 2. The summed E-state index contributed by atoms with van der Waals surface area (Å²) in [7, 11) is 0. The standard InChI is InChI=1S/C16H20N2/c1-12-6-5-9-15(10-12)16(18-17)11-14-8-4-3-7-13(14)2/h3-10,16,18H,11,17H2,1-2H3. The summed E-state index contributed by atoms with van der Waals surface area (Å²) in [4.78, 5) is 0. The topological polar surface area (TPSA) is 38.0 Å². The van der Waals surface area contributed by atoms with Gasteiger partial charge in [-0.05, 0) is 37.0 Å². The Balaban J connectivity index is 2.23. The van der Waals surface area contributed by atoms with Crippen LogP contribution in [0.4, 0.5) is 0 Å². The molecule has 2 heteroatoms. The average Bonchev–Trinajstić information content (AvgIpc) is 2.38. The summed E-state index contributed by atoms with van der Waals surface area (Å²) < 4.78 is 0. The van der Waals surface area contributed by atoms with Gasteiger partial charge in [-0.2, -0.15) is 0 Å². The second-order valence-electron chi connectivity index (χ2n) is 4.76. The van der Waals surface area contributed by atoms with Crippen molar-refractivity contribution < 1.29 is 0 Å². The van der Waals surface area contributed by atoms with Crippen LogP contribution in [0.25, 0.3) is 0 Å². The Labute approximate surface area is 109 Å².